The molecule has 0 radical (unpaired) electrons. The minimum Gasteiger partial charge on any atom is -0.434 e. The van der Waals surface area contributed by atoms with Crippen LogP contribution >= 0.6 is 15.9 Å². The Labute approximate surface area is 92.3 Å². The molecule has 4 nitrogen and oxygen atoms in total. The van der Waals surface area contributed by atoms with Crippen molar-refractivity contribution in [2.45, 2.75) is 6.61 Å². The highest BCUT2D eigenvalue weighted by molar-refractivity contribution is 9.10. The van der Waals surface area contributed by atoms with E-state index in [2.05, 4.69) is 20.7 Å². The summed E-state index contributed by atoms with van der Waals surface area (Å²) < 4.78 is 28.3. The Balaban J connectivity index is 3.17. The number of carbonyl (C=O) groups is 1. The van der Waals surface area contributed by atoms with Crippen LogP contribution in [0.25, 0.3) is 0 Å². The zero-order valence-corrected chi connectivity index (χ0v) is 8.92. The van der Waals surface area contributed by atoms with Crippen LogP contribution in [0.2, 0.25) is 0 Å². The van der Waals surface area contributed by atoms with Crippen molar-refractivity contribution in [1.29, 1.82) is 0 Å². The molecule has 1 aromatic rings. The first-order valence-corrected chi connectivity index (χ1v) is 4.54. The van der Waals surface area contributed by atoms with Crippen LogP contribution in [0.3, 0.4) is 0 Å². The van der Waals surface area contributed by atoms with Crippen LogP contribution in [-0.2, 0) is 0 Å². The third-order valence-corrected chi connectivity index (χ3v) is 2.21. The second-order valence-corrected chi connectivity index (χ2v) is 3.47. The van der Waals surface area contributed by atoms with Gasteiger partial charge in [0, 0.05) is 5.69 Å². The molecule has 0 aromatic heterocycles. The Kier molecular flexibility index (Phi) is 3.46. The smallest absolute Gasteiger partial charge is 0.387 e. The number of benzene rings is 1. The number of halogens is 3. The van der Waals surface area contributed by atoms with Gasteiger partial charge in [0.25, 0.3) is 5.91 Å². The van der Waals surface area contributed by atoms with E-state index >= 15 is 0 Å². The quantitative estimate of drug-likeness (QED) is 0.828. The summed E-state index contributed by atoms with van der Waals surface area (Å²) >= 11 is 2.97. The van der Waals surface area contributed by atoms with Crippen LogP contribution in [0, 0.1) is 0 Å². The summed E-state index contributed by atoms with van der Waals surface area (Å²) in [4.78, 5) is 10.9. The lowest BCUT2D eigenvalue weighted by Crippen LogP contribution is -2.14. The number of nitrogen functional groups attached to an aromatic ring is 1. The number of hydrogen-bond donors (Lipinski definition) is 2. The highest BCUT2D eigenvalue weighted by Gasteiger charge is 2.14. The highest BCUT2D eigenvalue weighted by atomic mass is 79.9. The lowest BCUT2D eigenvalue weighted by atomic mass is 10.1. The van der Waals surface area contributed by atoms with Gasteiger partial charge in [0.2, 0.25) is 0 Å². The molecule has 0 atom stereocenters. The molecule has 0 saturated heterocycles. The average Bonchev–Trinajstić information content (AvgIpc) is 2.08. The van der Waals surface area contributed by atoms with Crippen molar-refractivity contribution in [2.24, 2.45) is 5.73 Å². The Morgan fingerprint density at radius 2 is 2.07 bits per heavy atom. The Morgan fingerprint density at radius 1 is 1.47 bits per heavy atom. The maximum absolute atomic E-state index is 11.9. The molecule has 15 heavy (non-hydrogen) atoms. The number of primary amides is 1. The zero-order chi connectivity index (χ0) is 11.6. The number of ether oxygens (including phenoxy) is 1. The second-order valence-electron chi connectivity index (χ2n) is 2.61. The molecule has 82 valence electrons. The van der Waals surface area contributed by atoms with E-state index in [0.717, 1.165) is 6.07 Å². The molecule has 0 aliphatic carbocycles. The van der Waals surface area contributed by atoms with E-state index in [4.69, 9.17) is 11.5 Å². The first kappa shape index (κ1) is 11.7. The number of nitrogens with two attached hydrogens (primary N) is 2. The van der Waals surface area contributed by atoms with Crippen LogP contribution in [0.1, 0.15) is 10.4 Å². The van der Waals surface area contributed by atoms with Crippen molar-refractivity contribution in [2.75, 3.05) is 5.73 Å². The molecule has 1 aromatic carbocycles. The van der Waals surface area contributed by atoms with Crippen molar-refractivity contribution < 1.29 is 18.3 Å². The van der Waals surface area contributed by atoms with Gasteiger partial charge in [-0.1, -0.05) is 0 Å². The summed E-state index contributed by atoms with van der Waals surface area (Å²) in [5.74, 6) is -0.993. The summed E-state index contributed by atoms with van der Waals surface area (Å²) in [6.07, 6.45) is 0. The molecule has 0 aliphatic heterocycles. The normalized spacial score (nSPS) is 10.4. The summed E-state index contributed by atoms with van der Waals surface area (Å²) in [6.45, 7) is -2.98. The monoisotopic (exact) mass is 280 g/mol. The zero-order valence-electron chi connectivity index (χ0n) is 7.34. The van der Waals surface area contributed by atoms with E-state index in [0.29, 0.717) is 0 Å². The van der Waals surface area contributed by atoms with Gasteiger partial charge < -0.3 is 16.2 Å². The van der Waals surface area contributed by atoms with E-state index < -0.39 is 12.5 Å². The molecule has 0 saturated carbocycles. The van der Waals surface area contributed by atoms with Crippen molar-refractivity contribution in [3.63, 3.8) is 0 Å². The predicted octanol–water partition coefficient (Wildman–Crippen LogP) is 1.73. The molecule has 4 N–H and O–H groups in total. The fraction of sp³-hybridized carbons (Fsp3) is 0.125. The van der Waals surface area contributed by atoms with E-state index in [1.807, 2.05) is 0 Å². The maximum atomic E-state index is 11.9. The number of anilines is 1. The number of rotatable bonds is 3. The molecule has 1 amide bonds. The summed E-state index contributed by atoms with van der Waals surface area (Å²) in [5.41, 5.74) is 10.5. The van der Waals surface area contributed by atoms with Crippen LogP contribution in [0.5, 0.6) is 5.75 Å². The van der Waals surface area contributed by atoms with E-state index in [-0.39, 0.29) is 21.5 Å². The van der Waals surface area contributed by atoms with E-state index in [1.165, 1.54) is 6.07 Å². The first-order chi connectivity index (χ1) is 6.91. The first-order valence-electron chi connectivity index (χ1n) is 3.75. The summed E-state index contributed by atoms with van der Waals surface area (Å²) in [5, 5.41) is 0. The van der Waals surface area contributed by atoms with Crippen molar-refractivity contribution in [3.8, 4) is 5.75 Å². The molecule has 0 unspecified atom stereocenters. The van der Waals surface area contributed by atoms with Gasteiger partial charge in [-0.25, -0.2) is 0 Å². The van der Waals surface area contributed by atoms with Gasteiger partial charge in [0.05, 0.1) is 10.0 Å². The molecule has 1 rings (SSSR count). The standard InChI is InChI=1S/C8H7BrF2N2O2/c9-4-2-5(12)3(7(13)14)1-6(4)15-8(10)11/h1-2,8H,12H2,(H2,13,14). The topological polar surface area (TPSA) is 78.3 Å². The van der Waals surface area contributed by atoms with E-state index in [1.54, 1.807) is 0 Å². The van der Waals surface area contributed by atoms with Gasteiger partial charge in [-0.3, -0.25) is 4.79 Å². The van der Waals surface area contributed by atoms with Gasteiger partial charge in [0.1, 0.15) is 5.75 Å². The molecule has 0 aliphatic rings. The fourth-order valence-electron chi connectivity index (χ4n) is 0.968. The summed E-state index contributed by atoms with van der Waals surface area (Å²) in [7, 11) is 0. The minimum atomic E-state index is -2.98. The number of alkyl halides is 2. The molecule has 0 spiro atoms. The van der Waals surface area contributed by atoms with Gasteiger partial charge in [0.15, 0.2) is 0 Å². The highest BCUT2D eigenvalue weighted by Crippen LogP contribution is 2.31. The van der Waals surface area contributed by atoms with Crippen molar-refractivity contribution in [3.05, 3.63) is 22.2 Å². The van der Waals surface area contributed by atoms with Crippen LogP contribution < -0.4 is 16.2 Å². The number of hydrogen-bond acceptors (Lipinski definition) is 3. The molecule has 0 heterocycles. The molecule has 0 fully saturated rings. The van der Waals surface area contributed by atoms with Gasteiger partial charge >= 0.3 is 6.61 Å². The average molecular weight is 281 g/mol. The van der Waals surface area contributed by atoms with Crippen LogP contribution in [-0.4, -0.2) is 12.5 Å². The van der Waals surface area contributed by atoms with Crippen LogP contribution in [0.15, 0.2) is 16.6 Å². The SMILES string of the molecule is NC(=O)c1cc(OC(F)F)c(Br)cc1N. The minimum absolute atomic E-state index is 0.0612. The third kappa shape index (κ3) is 2.79. The molecule has 0 bridgehead atoms. The maximum Gasteiger partial charge on any atom is 0.387 e. The van der Waals surface area contributed by atoms with Gasteiger partial charge in [-0.05, 0) is 28.1 Å². The van der Waals surface area contributed by atoms with Gasteiger partial charge in [-0.15, -0.1) is 0 Å². The molecule has 7 heteroatoms. The van der Waals surface area contributed by atoms with E-state index in [9.17, 15) is 13.6 Å². The lowest BCUT2D eigenvalue weighted by molar-refractivity contribution is -0.0503. The fourth-order valence-corrected chi connectivity index (χ4v) is 1.42. The number of carbonyl (C=O) groups excluding carboxylic acids is 1. The molecular weight excluding hydrogens is 274 g/mol. The van der Waals surface area contributed by atoms with Gasteiger partial charge in [-0.2, -0.15) is 8.78 Å². The van der Waals surface area contributed by atoms with Crippen molar-refractivity contribution in [1.82, 2.24) is 0 Å². The third-order valence-electron chi connectivity index (χ3n) is 1.59. The lowest BCUT2D eigenvalue weighted by Gasteiger charge is -2.09. The Morgan fingerprint density at radius 3 is 2.53 bits per heavy atom. The van der Waals surface area contributed by atoms with Crippen molar-refractivity contribution >= 4 is 27.5 Å². The summed E-state index contributed by atoms with van der Waals surface area (Å²) in [6, 6.07) is 2.34. The Bertz CT molecular complexity index is 398. The Hall–Kier alpha value is -1.37. The molecular formula is C8H7BrF2N2O2. The predicted molar refractivity (Wildman–Crippen MR) is 53.7 cm³/mol. The second kappa shape index (κ2) is 4.43. The van der Waals surface area contributed by atoms with Crippen LogP contribution in [0.4, 0.5) is 14.5 Å². The number of amides is 1. The largest absolute Gasteiger partial charge is 0.434 e.